The Hall–Kier alpha value is -1.36. The Kier molecular flexibility index (Phi) is 8.23. The largest absolute Gasteiger partial charge is 0.427 e. The first-order chi connectivity index (χ1) is 14.7. The van der Waals surface area contributed by atoms with E-state index < -0.39 is 25.8 Å². The SMILES string of the molecule is O=C(c1ccc(CCOP(=O)(N2CCOCC2)N2CCOCC2)cc1)C(F)C(F)(F)F. The minimum absolute atomic E-state index is 0.105. The third-order valence-corrected chi connectivity index (χ3v) is 7.84. The van der Waals surface area contributed by atoms with Crippen LogP contribution in [0.3, 0.4) is 0 Å². The summed E-state index contributed by atoms with van der Waals surface area (Å²) in [5.41, 5.74) is 0.302. The Morgan fingerprint density at radius 1 is 1.00 bits per heavy atom. The van der Waals surface area contributed by atoms with Gasteiger partial charge in [-0.05, 0) is 12.0 Å². The monoisotopic (exact) mass is 468 g/mol. The molecular weight excluding hydrogens is 443 g/mol. The number of ketones is 1. The molecule has 0 radical (unpaired) electrons. The zero-order valence-corrected chi connectivity index (χ0v) is 17.7. The lowest BCUT2D eigenvalue weighted by atomic mass is 10.0. The molecule has 2 saturated heterocycles. The summed E-state index contributed by atoms with van der Waals surface area (Å²) in [6.07, 6.45) is -8.45. The second-order valence-corrected chi connectivity index (χ2v) is 9.54. The Bertz CT molecular complexity index is 758. The van der Waals surface area contributed by atoms with Crippen LogP contribution in [0.2, 0.25) is 0 Å². The number of carbonyl (C=O) groups excluding carboxylic acids is 1. The van der Waals surface area contributed by atoms with Crippen molar-refractivity contribution in [1.29, 1.82) is 0 Å². The molecule has 0 aromatic heterocycles. The molecular formula is C19H25F4N2O5P. The molecule has 7 nitrogen and oxygen atoms in total. The molecule has 0 aliphatic carbocycles. The van der Waals surface area contributed by atoms with Crippen molar-refractivity contribution in [1.82, 2.24) is 9.34 Å². The maximum absolute atomic E-state index is 13.8. The molecule has 0 spiro atoms. The predicted octanol–water partition coefficient (Wildman–Crippen LogP) is 3.10. The lowest BCUT2D eigenvalue weighted by molar-refractivity contribution is -0.165. The van der Waals surface area contributed by atoms with E-state index in [0.717, 1.165) is 12.1 Å². The molecule has 12 heteroatoms. The first-order valence-electron chi connectivity index (χ1n) is 9.96. The Labute approximate surface area is 177 Å². The Morgan fingerprint density at radius 2 is 1.48 bits per heavy atom. The van der Waals surface area contributed by atoms with E-state index >= 15 is 0 Å². The molecule has 0 amide bonds. The van der Waals surface area contributed by atoms with Crippen molar-refractivity contribution in [2.24, 2.45) is 0 Å². The minimum Gasteiger partial charge on any atom is -0.379 e. The van der Waals surface area contributed by atoms with Gasteiger partial charge in [0.05, 0.1) is 33.0 Å². The quantitative estimate of drug-likeness (QED) is 0.330. The number of hydrogen-bond acceptors (Lipinski definition) is 5. The molecule has 0 N–H and O–H groups in total. The summed E-state index contributed by atoms with van der Waals surface area (Å²) in [5, 5.41) is 0. The van der Waals surface area contributed by atoms with Crippen LogP contribution in [0.1, 0.15) is 15.9 Å². The number of nitrogens with zero attached hydrogens (tertiary/aromatic N) is 2. The lowest BCUT2D eigenvalue weighted by Crippen LogP contribution is -2.43. The smallest absolute Gasteiger partial charge is 0.379 e. The number of alkyl halides is 4. The van der Waals surface area contributed by atoms with Crippen molar-refractivity contribution in [2.45, 2.75) is 18.8 Å². The highest BCUT2D eigenvalue weighted by Crippen LogP contribution is 2.54. The van der Waals surface area contributed by atoms with Crippen LogP contribution >= 0.6 is 7.67 Å². The van der Waals surface area contributed by atoms with Gasteiger partial charge in [0.25, 0.3) is 6.17 Å². The summed E-state index contributed by atoms with van der Waals surface area (Å²) >= 11 is 0. The van der Waals surface area contributed by atoms with Crippen molar-refractivity contribution in [3.63, 3.8) is 0 Å². The number of hydrogen-bond donors (Lipinski definition) is 0. The van der Waals surface area contributed by atoms with Gasteiger partial charge in [-0.3, -0.25) is 9.36 Å². The van der Waals surface area contributed by atoms with E-state index in [1.807, 2.05) is 0 Å². The summed E-state index contributed by atoms with van der Waals surface area (Å²) in [4.78, 5) is 11.6. The van der Waals surface area contributed by atoms with E-state index in [1.54, 1.807) is 9.34 Å². The Balaban J connectivity index is 1.61. The van der Waals surface area contributed by atoms with Crippen LogP contribution in [-0.4, -0.2) is 86.7 Å². The molecule has 3 rings (SSSR count). The van der Waals surface area contributed by atoms with Gasteiger partial charge < -0.3 is 14.0 Å². The molecule has 2 aliphatic heterocycles. The van der Waals surface area contributed by atoms with Crippen LogP contribution < -0.4 is 0 Å². The fourth-order valence-corrected chi connectivity index (χ4v) is 5.72. The molecule has 2 fully saturated rings. The van der Waals surface area contributed by atoms with Gasteiger partial charge in [-0.2, -0.15) is 13.2 Å². The summed E-state index contributed by atoms with van der Waals surface area (Å²) in [5.74, 6) is -1.63. The van der Waals surface area contributed by atoms with E-state index in [1.165, 1.54) is 12.1 Å². The standard InChI is InChI=1S/C19H25F4N2O5P/c20-18(19(21,22)23)17(26)16-3-1-15(2-4-16)5-10-30-31(27,24-6-11-28-12-7-24)25-8-13-29-14-9-25/h1-4,18H,5-14H2. The molecule has 0 saturated carbocycles. The zero-order valence-electron chi connectivity index (χ0n) is 16.9. The van der Waals surface area contributed by atoms with Gasteiger partial charge in [0.15, 0.2) is 0 Å². The van der Waals surface area contributed by atoms with Crippen LogP contribution in [-0.2, 0) is 25.0 Å². The average molecular weight is 468 g/mol. The van der Waals surface area contributed by atoms with Crippen molar-refractivity contribution in [3.8, 4) is 0 Å². The minimum atomic E-state index is -5.23. The van der Waals surface area contributed by atoms with Gasteiger partial charge in [0, 0.05) is 31.7 Å². The van der Waals surface area contributed by atoms with E-state index in [4.69, 9.17) is 14.0 Å². The molecule has 2 aliphatic rings. The highest BCUT2D eigenvalue weighted by Gasteiger charge is 2.45. The first-order valence-corrected chi connectivity index (χ1v) is 11.5. The van der Waals surface area contributed by atoms with Crippen molar-refractivity contribution >= 4 is 13.5 Å². The molecule has 1 atom stereocenters. The van der Waals surface area contributed by atoms with Gasteiger partial charge in [0.1, 0.15) is 0 Å². The van der Waals surface area contributed by atoms with E-state index in [-0.39, 0.29) is 12.2 Å². The van der Waals surface area contributed by atoms with Gasteiger partial charge >= 0.3 is 13.8 Å². The maximum atomic E-state index is 13.8. The van der Waals surface area contributed by atoms with E-state index in [0.29, 0.717) is 64.6 Å². The number of carbonyl (C=O) groups is 1. The van der Waals surface area contributed by atoms with Gasteiger partial charge in [-0.25, -0.2) is 13.7 Å². The number of rotatable bonds is 8. The van der Waals surface area contributed by atoms with Gasteiger partial charge in [-0.15, -0.1) is 0 Å². The van der Waals surface area contributed by atoms with Crippen LogP contribution in [0, 0.1) is 0 Å². The highest BCUT2D eigenvalue weighted by atomic mass is 31.2. The van der Waals surface area contributed by atoms with Crippen LogP contribution in [0.4, 0.5) is 17.6 Å². The second kappa shape index (κ2) is 10.5. The fourth-order valence-electron chi connectivity index (χ4n) is 3.37. The normalized spacial score (nSPS) is 20.5. The Morgan fingerprint density at radius 3 is 1.94 bits per heavy atom. The van der Waals surface area contributed by atoms with E-state index in [2.05, 4.69) is 0 Å². The summed E-state index contributed by atoms with van der Waals surface area (Å²) in [7, 11) is -3.29. The number of morpholine rings is 2. The van der Waals surface area contributed by atoms with Crippen molar-refractivity contribution in [2.75, 3.05) is 59.2 Å². The zero-order chi connectivity index (χ0) is 22.5. The van der Waals surface area contributed by atoms with Crippen LogP contribution in [0.25, 0.3) is 0 Å². The molecule has 2 heterocycles. The topological polar surface area (TPSA) is 68.3 Å². The van der Waals surface area contributed by atoms with Crippen LogP contribution in [0.15, 0.2) is 24.3 Å². The predicted molar refractivity (Wildman–Crippen MR) is 104 cm³/mol. The maximum Gasteiger partial charge on any atom is 0.427 e. The van der Waals surface area contributed by atoms with Crippen molar-refractivity contribution < 1.29 is 40.9 Å². The second-order valence-electron chi connectivity index (χ2n) is 7.17. The number of halogens is 4. The third kappa shape index (κ3) is 6.12. The molecule has 1 aromatic carbocycles. The van der Waals surface area contributed by atoms with Crippen LogP contribution in [0.5, 0.6) is 0 Å². The molecule has 1 unspecified atom stereocenters. The highest BCUT2D eigenvalue weighted by molar-refractivity contribution is 7.54. The fraction of sp³-hybridized carbons (Fsp3) is 0.632. The number of benzene rings is 1. The number of Topliss-reactive ketones (excluding diaryl/α,β-unsaturated/α-hetero) is 1. The summed E-state index contributed by atoms with van der Waals surface area (Å²) in [6.45, 7) is 3.87. The average Bonchev–Trinajstić information content (AvgIpc) is 2.79. The van der Waals surface area contributed by atoms with Crippen molar-refractivity contribution in [3.05, 3.63) is 35.4 Å². The molecule has 31 heavy (non-hydrogen) atoms. The molecule has 1 aromatic rings. The lowest BCUT2D eigenvalue weighted by Gasteiger charge is -2.41. The summed E-state index contributed by atoms with van der Waals surface area (Å²) in [6, 6.07) is 5.18. The van der Waals surface area contributed by atoms with Gasteiger partial charge in [0.2, 0.25) is 5.78 Å². The van der Waals surface area contributed by atoms with Gasteiger partial charge in [-0.1, -0.05) is 24.3 Å². The number of ether oxygens (including phenoxy) is 2. The van der Waals surface area contributed by atoms with E-state index in [9.17, 15) is 26.9 Å². The third-order valence-electron chi connectivity index (χ3n) is 5.10. The first kappa shape index (κ1) is 24.3. The summed E-state index contributed by atoms with van der Waals surface area (Å²) < 4.78 is 84.3. The molecule has 174 valence electrons. The molecule has 0 bridgehead atoms.